The van der Waals surface area contributed by atoms with Crippen molar-refractivity contribution >= 4 is 33.5 Å². The van der Waals surface area contributed by atoms with Gasteiger partial charge in [-0.1, -0.05) is 34.5 Å². The van der Waals surface area contributed by atoms with E-state index in [2.05, 4.69) is 26.0 Å². The van der Waals surface area contributed by atoms with Crippen molar-refractivity contribution in [2.75, 3.05) is 0 Å². The van der Waals surface area contributed by atoms with Crippen LogP contribution in [0.3, 0.4) is 0 Å². The summed E-state index contributed by atoms with van der Waals surface area (Å²) in [6, 6.07) is 5.31. The first-order valence-corrected chi connectivity index (χ1v) is 6.84. The molecular formula is C12H11BrClN3O2. The molecule has 7 heteroatoms. The van der Waals surface area contributed by atoms with E-state index in [-0.39, 0.29) is 5.82 Å². The number of carbonyl (C=O) groups is 1. The molecule has 1 heterocycles. The third-order valence-corrected chi connectivity index (χ3v) is 3.29. The topological polar surface area (TPSA) is 68.0 Å². The lowest BCUT2D eigenvalue weighted by atomic mass is 10.3. The van der Waals surface area contributed by atoms with Crippen LogP contribution in [0.5, 0.6) is 0 Å². The third kappa shape index (κ3) is 2.96. The van der Waals surface area contributed by atoms with Crippen LogP contribution >= 0.6 is 27.5 Å². The Bertz CT molecular complexity index is 627. The predicted octanol–water partition coefficient (Wildman–Crippen LogP) is 3.33. The van der Waals surface area contributed by atoms with Crippen molar-refractivity contribution in [1.82, 2.24) is 14.8 Å². The van der Waals surface area contributed by atoms with Crippen molar-refractivity contribution in [1.29, 1.82) is 0 Å². The Hall–Kier alpha value is -1.40. The molecule has 0 bridgehead atoms. The molecule has 0 atom stereocenters. The van der Waals surface area contributed by atoms with Crippen LogP contribution in [0.25, 0.3) is 5.69 Å². The van der Waals surface area contributed by atoms with Gasteiger partial charge in [0.2, 0.25) is 0 Å². The highest BCUT2D eigenvalue weighted by atomic mass is 79.9. The number of hydrogen-bond donors (Lipinski definition) is 1. The fourth-order valence-electron chi connectivity index (χ4n) is 1.66. The molecule has 0 amide bonds. The second-order valence-corrected chi connectivity index (χ2v) is 5.24. The van der Waals surface area contributed by atoms with Gasteiger partial charge in [0.25, 0.3) is 5.82 Å². The zero-order valence-corrected chi connectivity index (χ0v) is 12.4. The van der Waals surface area contributed by atoms with Gasteiger partial charge in [-0.05, 0) is 24.6 Å². The summed E-state index contributed by atoms with van der Waals surface area (Å²) >= 11 is 9.49. The molecule has 5 nitrogen and oxygen atoms in total. The largest absolute Gasteiger partial charge is 0.475 e. The van der Waals surface area contributed by atoms with E-state index >= 15 is 0 Å². The number of halogens is 2. The molecule has 0 fully saturated rings. The molecule has 0 spiro atoms. The van der Waals surface area contributed by atoms with Crippen molar-refractivity contribution in [3.8, 4) is 5.69 Å². The van der Waals surface area contributed by atoms with E-state index in [1.54, 1.807) is 18.2 Å². The van der Waals surface area contributed by atoms with Crippen LogP contribution < -0.4 is 0 Å². The number of carboxylic acids is 1. The van der Waals surface area contributed by atoms with Gasteiger partial charge < -0.3 is 5.11 Å². The Morgan fingerprint density at radius 3 is 2.89 bits per heavy atom. The van der Waals surface area contributed by atoms with Crippen molar-refractivity contribution in [3.05, 3.63) is 39.3 Å². The highest BCUT2D eigenvalue weighted by molar-refractivity contribution is 9.10. The smallest absolute Gasteiger partial charge is 0.375 e. The van der Waals surface area contributed by atoms with Crippen LogP contribution in [0, 0.1) is 0 Å². The van der Waals surface area contributed by atoms with E-state index in [0.29, 0.717) is 23.0 Å². The van der Waals surface area contributed by atoms with Crippen molar-refractivity contribution in [2.24, 2.45) is 0 Å². The molecule has 1 N–H and O–H groups in total. The summed E-state index contributed by atoms with van der Waals surface area (Å²) in [4.78, 5) is 15.0. The van der Waals surface area contributed by atoms with Gasteiger partial charge in [-0.15, -0.1) is 5.10 Å². The Labute approximate surface area is 123 Å². The molecule has 1 aromatic heterocycles. The number of hydrogen-bond acceptors (Lipinski definition) is 3. The van der Waals surface area contributed by atoms with E-state index in [1.807, 2.05) is 6.92 Å². The van der Waals surface area contributed by atoms with E-state index in [9.17, 15) is 4.79 Å². The zero-order chi connectivity index (χ0) is 14.0. The predicted molar refractivity (Wildman–Crippen MR) is 75.0 cm³/mol. The van der Waals surface area contributed by atoms with Gasteiger partial charge >= 0.3 is 5.97 Å². The average molecular weight is 345 g/mol. The van der Waals surface area contributed by atoms with Gasteiger partial charge in [0.05, 0.1) is 10.7 Å². The maximum atomic E-state index is 11.0. The van der Waals surface area contributed by atoms with E-state index in [4.69, 9.17) is 16.7 Å². The molecule has 100 valence electrons. The summed E-state index contributed by atoms with van der Waals surface area (Å²) in [7, 11) is 0. The van der Waals surface area contributed by atoms with Crippen LogP contribution in [-0.4, -0.2) is 25.8 Å². The molecule has 0 saturated carbocycles. The summed E-state index contributed by atoms with van der Waals surface area (Å²) in [5, 5.41) is 13.5. The number of rotatable bonds is 4. The molecule has 2 rings (SSSR count). The molecule has 2 aromatic rings. The first-order valence-electron chi connectivity index (χ1n) is 5.67. The second kappa shape index (κ2) is 5.71. The van der Waals surface area contributed by atoms with Gasteiger partial charge in [0, 0.05) is 10.9 Å². The first-order chi connectivity index (χ1) is 9.02. The minimum atomic E-state index is -1.15. The number of carboxylic acid groups (broad SMARTS) is 1. The van der Waals surface area contributed by atoms with Gasteiger partial charge in [-0.2, -0.15) is 0 Å². The quantitative estimate of drug-likeness (QED) is 0.923. The molecule has 0 radical (unpaired) electrons. The minimum Gasteiger partial charge on any atom is -0.475 e. The summed E-state index contributed by atoms with van der Waals surface area (Å²) in [6.07, 6.45) is 1.46. The van der Waals surface area contributed by atoms with Crippen molar-refractivity contribution < 1.29 is 9.90 Å². The van der Waals surface area contributed by atoms with Gasteiger partial charge in [-0.25, -0.2) is 14.5 Å². The molecule has 0 unspecified atom stereocenters. The van der Waals surface area contributed by atoms with Crippen LogP contribution in [0.15, 0.2) is 22.7 Å². The number of aryl methyl sites for hydroxylation is 1. The van der Waals surface area contributed by atoms with Crippen molar-refractivity contribution in [2.45, 2.75) is 19.8 Å². The van der Waals surface area contributed by atoms with Gasteiger partial charge in [0.15, 0.2) is 0 Å². The van der Waals surface area contributed by atoms with E-state index in [0.717, 1.165) is 10.9 Å². The second-order valence-electron chi connectivity index (χ2n) is 3.91. The summed E-state index contributed by atoms with van der Waals surface area (Å²) in [5.41, 5.74) is 0.611. The standard InChI is InChI=1S/C12H11BrClN3O2/c1-2-3-10-15-11(12(18)19)16-17(10)9-6-7(13)4-5-8(9)14/h4-6H,2-3H2,1H3,(H,18,19). The highest BCUT2D eigenvalue weighted by Crippen LogP contribution is 2.25. The van der Waals surface area contributed by atoms with Gasteiger partial charge in [0.1, 0.15) is 5.82 Å². The molecule has 19 heavy (non-hydrogen) atoms. The Kier molecular flexibility index (Phi) is 4.21. The summed E-state index contributed by atoms with van der Waals surface area (Å²) in [6.45, 7) is 1.99. The fourth-order valence-corrected chi connectivity index (χ4v) is 2.21. The number of aromatic nitrogens is 3. The lowest BCUT2D eigenvalue weighted by Crippen LogP contribution is -2.04. The van der Waals surface area contributed by atoms with Crippen LogP contribution in [-0.2, 0) is 6.42 Å². The molecule has 0 aliphatic rings. The Balaban J connectivity index is 2.59. The molecule has 0 aliphatic heterocycles. The maximum absolute atomic E-state index is 11.0. The zero-order valence-electron chi connectivity index (χ0n) is 10.1. The SMILES string of the molecule is CCCc1nc(C(=O)O)nn1-c1cc(Br)ccc1Cl. The lowest BCUT2D eigenvalue weighted by molar-refractivity contribution is 0.0683. The fraction of sp³-hybridized carbons (Fsp3) is 0.250. The van der Waals surface area contributed by atoms with Crippen molar-refractivity contribution in [3.63, 3.8) is 0 Å². The average Bonchev–Trinajstić information content (AvgIpc) is 2.77. The Morgan fingerprint density at radius 1 is 1.53 bits per heavy atom. The number of benzene rings is 1. The third-order valence-electron chi connectivity index (χ3n) is 2.48. The maximum Gasteiger partial charge on any atom is 0.375 e. The Morgan fingerprint density at radius 2 is 2.26 bits per heavy atom. The van der Waals surface area contributed by atoms with E-state index < -0.39 is 5.97 Å². The minimum absolute atomic E-state index is 0.223. The van der Waals surface area contributed by atoms with Crippen LogP contribution in [0.4, 0.5) is 0 Å². The van der Waals surface area contributed by atoms with E-state index in [1.165, 1.54) is 4.68 Å². The highest BCUT2D eigenvalue weighted by Gasteiger charge is 2.17. The molecule has 1 aromatic carbocycles. The molecule has 0 aliphatic carbocycles. The van der Waals surface area contributed by atoms with Crippen LogP contribution in [0.2, 0.25) is 5.02 Å². The lowest BCUT2D eigenvalue weighted by Gasteiger charge is -2.07. The monoisotopic (exact) mass is 343 g/mol. The summed E-state index contributed by atoms with van der Waals surface area (Å²) < 4.78 is 2.32. The number of nitrogens with zero attached hydrogens (tertiary/aromatic N) is 3. The normalized spacial score (nSPS) is 10.7. The van der Waals surface area contributed by atoms with Crippen LogP contribution in [0.1, 0.15) is 29.8 Å². The molecule has 0 saturated heterocycles. The van der Waals surface area contributed by atoms with Gasteiger partial charge in [-0.3, -0.25) is 0 Å². The molecular weight excluding hydrogens is 334 g/mol. The first kappa shape index (κ1) is 14.0. The number of aromatic carboxylic acids is 1. The summed E-state index contributed by atoms with van der Waals surface area (Å²) in [5.74, 6) is -0.790.